The fourth-order valence-corrected chi connectivity index (χ4v) is 1.45. The molecule has 0 aliphatic heterocycles. The van der Waals surface area contributed by atoms with Gasteiger partial charge in [-0.3, -0.25) is 0 Å². The third-order valence-corrected chi connectivity index (χ3v) is 2.10. The van der Waals surface area contributed by atoms with E-state index in [1.165, 1.54) is 5.56 Å². The molecule has 2 rings (SSSR count). The number of rotatable bonds is 3. The number of nitrogens with two attached hydrogens (primary N) is 1. The number of nitrogens with zero attached hydrogens (tertiary/aromatic N) is 3. The van der Waals surface area contributed by atoms with Crippen molar-refractivity contribution in [3.8, 4) is 0 Å². The van der Waals surface area contributed by atoms with Crippen molar-refractivity contribution in [1.29, 1.82) is 0 Å². The highest BCUT2D eigenvalue weighted by molar-refractivity contribution is 5.79. The third kappa shape index (κ3) is 2.43. The first-order chi connectivity index (χ1) is 7.38. The summed E-state index contributed by atoms with van der Waals surface area (Å²) in [6.45, 7) is 0.812. The fraction of sp³-hybridized carbons (Fsp3) is 0.0909. The quantitative estimate of drug-likeness (QED) is 0.460. The minimum Gasteiger partial charge on any atom is -0.333 e. The molecule has 4 heteroatoms. The van der Waals surface area contributed by atoms with Crippen LogP contribution in [0.3, 0.4) is 0 Å². The van der Waals surface area contributed by atoms with Gasteiger partial charge in [-0.2, -0.15) is 5.10 Å². The van der Waals surface area contributed by atoms with Crippen LogP contribution in [0.25, 0.3) is 0 Å². The van der Waals surface area contributed by atoms with Crippen molar-refractivity contribution < 1.29 is 0 Å². The van der Waals surface area contributed by atoms with Crippen molar-refractivity contribution in [2.75, 3.05) is 0 Å². The van der Waals surface area contributed by atoms with Crippen molar-refractivity contribution in [3.05, 3.63) is 54.1 Å². The lowest BCUT2D eigenvalue weighted by Gasteiger charge is -2.02. The van der Waals surface area contributed by atoms with Gasteiger partial charge in [-0.25, -0.2) is 4.98 Å². The van der Waals surface area contributed by atoms with Gasteiger partial charge in [0.2, 0.25) is 0 Å². The van der Waals surface area contributed by atoms with Crippen LogP contribution in [-0.4, -0.2) is 15.8 Å². The highest BCUT2D eigenvalue weighted by Crippen LogP contribution is 2.05. The Balaban J connectivity index is 2.18. The zero-order chi connectivity index (χ0) is 10.5. The van der Waals surface area contributed by atoms with E-state index in [-0.39, 0.29) is 0 Å². The van der Waals surface area contributed by atoms with Crippen LogP contribution in [0.4, 0.5) is 0 Å². The van der Waals surface area contributed by atoms with E-state index in [0.29, 0.717) is 0 Å². The molecule has 0 radical (unpaired) electrons. The van der Waals surface area contributed by atoms with Gasteiger partial charge in [0.1, 0.15) is 0 Å². The number of hydrogen-bond donors (Lipinski definition) is 1. The van der Waals surface area contributed by atoms with E-state index in [2.05, 4.69) is 22.2 Å². The SMILES string of the molecule is NN=Cc1cccc(Cn2ccnc2)c1. The molecule has 0 bridgehead atoms. The summed E-state index contributed by atoms with van der Waals surface area (Å²) in [7, 11) is 0. The van der Waals surface area contributed by atoms with E-state index in [9.17, 15) is 0 Å². The predicted octanol–water partition coefficient (Wildman–Crippen LogP) is 1.22. The summed E-state index contributed by atoms with van der Waals surface area (Å²) in [5.74, 6) is 5.10. The maximum absolute atomic E-state index is 5.10. The van der Waals surface area contributed by atoms with Crippen LogP contribution in [0.15, 0.2) is 48.1 Å². The van der Waals surface area contributed by atoms with Crippen LogP contribution in [0, 0.1) is 0 Å². The fourth-order valence-electron chi connectivity index (χ4n) is 1.45. The van der Waals surface area contributed by atoms with E-state index in [4.69, 9.17) is 5.84 Å². The van der Waals surface area contributed by atoms with Crippen LogP contribution in [0.5, 0.6) is 0 Å². The second kappa shape index (κ2) is 4.41. The normalized spacial score (nSPS) is 10.9. The third-order valence-electron chi connectivity index (χ3n) is 2.10. The van der Waals surface area contributed by atoms with Gasteiger partial charge < -0.3 is 10.4 Å². The number of benzene rings is 1. The Morgan fingerprint density at radius 1 is 1.47 bits per heavy atom. The molecule has 76 valence electrons. The number of imidazole rings is 1. The summed E-state index contributed by atoms with van der Waals surface area (Å²) >= 11 is 0. The summed E-state index contributed by atoms with van der Waals surface area (Å²) < 4.78 is 2.01. The lowest BCUT2D eigenvalue weighted by molar-refractivity contribution is 0.797. The van der Waals surface area contributed by atoms with E-state index < -0.39 is 0 Å². The molecular weight excluding hydrogens is 188 g/mol. The number of hydrogen-bond acceptors (Lipinski definition) is 3. The zero-order valence-corrected chi connectivity index (χ0v) is 8.24. The molecule has 0 aliphatic carbocycles. The van der Waals surface area contributed by atoms with Crippen LogP contribution in [0.2, 0.25) is 0 Å². The molecule has 1 aromatic heterocycles. The molecule has 0 fully saturated rings. The summed E-state index contributed by atoms with van der Waals surface area (Å²) in [4.78, 5) is 3.99. The number of aromatic nitrogens is 2. The first kappa shape index (κ1) is 9.45. The van der Waals surface area contributed by atoms with Gasteiger partial charge in [0, 0.05) is 18.9 Å². The summed E-state index contributed by atoms with van der Waals surface area (Å²) in [5.41, 5.74) is 2.21. The van der Waals surface area contributed by atoms with Gasteiger partial charge in [-0.05, 0) is 17.2 Å². The van der Waals surface area contributed by atoms with Crippen LogP contribution < -0.4 is 5.84 Å². The Morgan fingerprint density at radius 2 is 2.40 bits per heavy atom. The molecule has 0 unspecified atom stereocenters. The zero-order valence-electron chi connectivity index (χ0n) is 8.24. The molecule has 2 aromatic rings. The summed E-state index contributed by atoms with van der Waals surface area (Å²) in [5, 5.41) is 3.50. The molecule has 0 saturated carbocycles. The summed E-state index contributed by atoms with van der Waals surface area (Å²) in [6.07, 6.45) is 7.13. The second-order valence-corrected chi connectivity index (χ2v) is 3.26. The molecule has 0 atom stereocenters. The minimum absolute atomic E-state index is 0.812. The smallest absolute Gasteiger partial charge is 0.0949 e. The van der Waals surface area contributed by atoms with Crippen LogP contribution in [0.1, 0.15) is 11.1 Å². The predicted molar refractivity (Wildman–Crippen MR) is 59.6 cm³/mol. The van der Waals surface area contributed by atoms with E-state index in [1.807, 2.05) is 22.9 Å². The van der Waals surface area contributed by atoms with Gasteiger partial charge in [-0.1, -0.05) is 18.2 Å². The lowest BCUT2D eigenvalue weighted by atomic mass is 10.1. The Hall–Kier alpha value is -2.10. The lowest BCUT2D eigenvalue weighted by Crippen LogP contribution is -1.97. The van der Waals surface area contributed by atoms with E-state index in [0.717, 1.165) is 12.1 Å². The summed E-state index contributed by atoms with van der Waals surface area (Å²) in [6, 6.07) is 8.07. The molecule has 15 heavy (non-hydrogen) atoms. The molecule has 2 N–H and O–H groups in total. The molecular formula is C11H12N4. The first-order valence-electron chi connectivity index (χ1n) is 4.66. The monoisotopic (exact) mass is 200 g/mol. The van der Waals surface area contributed by atoms with E-state index >= 15 is 0 Å². The van der Waals surface area contributed by atoms with Crippen molar-refractivity contribution in [1.82, 2.24) is 9.55 Å². The molecule has 4 nitrogen and oxygen atoms in total. The van der Waals surface area contributed by atoms with Gasteiger partial charge in [-0.15, -0.1) is 0 Å². The Labute approximate surface area is 88.1 Å². The molecule has 0 aliphatic rings. The molecule has 0 amide bonds. The largest absolute Gasteiger partial charge is 0.333 e. The topological polar surface area (TPSA) is 56.2 Å². The average molecular weight is 200 g/mol. The molecule has 0 saturated heterocycles. The van der Waals surface area contributed by atoms with Gasteiger partial charge in [0.25, 0.3) is 0 Å². The Kier molecular flexibility index (Phi) is 2.78. The Morgan fingerprint density at radius 3 is 3.13 bits per heavy atom. The van der Waals surface area contributed by atoms with Crippen molar-refractivity contribution >= 4 is 6.21 Å². The van der Waals surface area contributed by atoms with Crippen molar-refractivity contribution in [2.45, 2.75) is 6.54 Å². The van der Waals surface area contributed by atoms with Crippen LogP contribution >= 0.6 is 0 Å². The molecule has 1 heterocycles. The van der Waals surface area contributed by atoms with E-state index in [1.54, 1.807) is 18.7 Å². The van der Waals surface area contributed by atoms with Crippen LogP contribution in [-0.2, 0) is 6.54 Å². The van der Waals surface area contributed by atoms with Gasteiger partial charge in [0.15, 0.2) is 0 Å². The second-order valence-electron chi connectivity index (χ2n) is 3.26. The van der Waals surface area contributed by atoms with Gasteiger partial charge in [0.05, 0.1) is 12.5 Å². The Bertz CT molecular complexity index is 445. The highest BCUT2D eigenvalue weighted by atomic mass is 15.1. The first-order valence-corrected chi connectivity index (χ1v) is 4.66. The van der Waals surface area contributed by atoms with Crippen molar-refractivity contribution in [3.63, 3.8) is 0 Å². The van der Waals surface area contributed by atoms with Crippen molar-refractivity contribution in [2.24, 2.45) is 10.9 Å². The van der Waals surface area contributed by atoms with Gasteiger partial charge >= 0.3 is 0 Å². The molecule has 0 spiro atoms. The molecule has 1 aromatic carbocycles. The highest BCUT2D eigenvalue weighted by Gasteiger charge is 1.95. The maximum atomic E-state index is 5.10. The average Bonchev–Trinajstić information content (AvgIpc) is 2.71. The standard InChI is InChI=1S/C11H12N4/c12-14-7-10-2-1-3-11(6-10)8-15-5-4-13-9-15/h1-7,9H,8,12H2. The minimum atomic E-state index is 0.812. The number of hydrazone groups is 1. The maximum Gasteiger partial charge on any atom is 0.0949 e.